The molecule has 0 N–H and O–H groups in total. The Labute approximate surface area is 185 Å². The molecule has 4 heteroatoms. The second-order valence-corrected chi connectivity index (χ2v) is 7.08. The van der Waals surface area contributed by atoms with Gasteiger partial charge in [-0.1, -0.05) is 84.9 Å². The van der Waals surface area contributed by atoms with E-state index in [4.69, 9.17) is 4.74 Å². The molecular weight excluding hydrogens is 403 g/mol. The monoisotopic (exact) mass is 422 g/mol. The van der Waals surface area contributed by atoms with Crippen molar-refractivity contribution in [3.8, 4) is 16.9 Å². The standard InChI is InChI=1S/C28H19FO3/c29-26-12-5-4-11-25(26)28(31)32-24-10-6-7-20(19-24)13-18-27(30)23-16-14-22(15-17-23)21-8-2-1-3-9-21/h1-19H. The van der Waals surface area contributed by atoms with E-state index in [0.717, 1.165) is 11.1 Å². The minimum atomic E-state index is -0.779. The predicted octanol–water partition coefficient (Wildman–Crippen LogP) is 6.61. The molecule has 3 nitrogen and oxygen atoms in total. The number of esters is 1. The lowest BCUT2D eigenvalue weighted by Gasteiger charge is -2.06. The normalized spacial score (nSPS) is 10.8. The van der Waals surface area contributed by atoms with Crippen LogP contribution in [0.4, 0.5) is 4.39 Å². The number of rotatable bonds is 6. The first kappa shape index (κ1) is 20.9. The van der Waals surface area contributed by atoms with Gasteiger partial charge in [0.05, 0.1) is 5.56 Å². The number of hydrogen-bond donors (Lipinski definition) is 0. The number of carbonyl (C=O) groups is 2. The topological polar surface area (TPSA) is 43.4 Å². The third kappa shape index (κ3) is 5.05. The van der Waals surface area contributed by atoms with Gasteiger partial charge >= 0.3 is 5.97 Å². The van der Waals surface area contributed by atoms with Crippen LogP contribution >= 0.6 is 0 Å². The highest BCUT2D eigenvalue weighted by molar-refractivity contribution is 6.07. The lowest BCUT2D eigenvalue weighted by atomic mass is 10.0. The Hall–Kier alpha value is -4.31. The fourth-order valence-corrected chi connectivity index (χ4v) is 3.20. The molecule has 0 fully saturated rings. The molecule has 0 aliphatic rings. The Morgan fingerprint density at radius 1 is 0.719 bits per heavy atom. The predicted molar refractivity (Wildman–Crippen MR) is 123 cm³/mol. The zero-order valence-electron chi connectivity index (χ0n) is 17.1. The third-order valence-electron chi connectivity index (χ3n) is 4.87. The zero-order valence-corrected chi connectivity index (χ0v) is 17.1. The third-order valence-corrected chi connectivity index (χ3v) is 4.87. The molecule has 0 bridgehead atoms. The van der Waals surface area contributed by atoms with Crippen molar-refractivity contribution in [2.45, 2.75) is 0 Å². The molecule has 32 heavy (non-hydrogen) atoms. The molecular formula is C28H19FO3. The van der Waals surface area contributed by atoms with E-state index >= 15 is 0 Å². The largest absolute Gasteiger partial charge is 0.423 e. The fourth-order valence-electron chi connectivity index (χ4n) is 3.20. The van der Waals surface area contributed by atoms with Crippen LogP contribution in [0.25, 0.3) is 17.2 Å². The van der Waals surface area contributed by atoms with Gasteiger partial charge in [-0.05, 0) is 47.0 Å². The number of ketones is 1. The van der Waals surface area contributed by atoms with Gasteiger partial charge in [-0.3, -0.25) is 4.79 Å². The van der Waals surface area contributed by atoms with E-state index in [1.807, 2.05) is 42.5 Å². The highest BCUT2D eigenvalue weighted by atomic mass is 19.1. The SMILES string of the molecule is O=C(C=Cc1cccc(OC(=O)c2ccccc2F)c1)c1ccc(-c2ccccc2)cc1. The Morgan fingerprint density at radius 3 is 2.16 bits per heavy atom. The molecule has 0 amide bonds. The number of ether oxygens (including phenoxy) is 1. The van der Waals surface area contributed by atoms with Gasteiger partial charge in [0.1, 0.15) is 11.6 Å². The first-order chi connectivity index (χ1) is 15.6. The van der Waals surface area contributed by atoms with Crippen molar-refractivity contribution >= 4 is 17.8 Å². The van der Waals surface area contributed by atoms with Crippen molar-refractivity contribution < 1.29 is 18.7 Å². The van der Waals surface area contributed by atoms with E-state index in [2.05, 4.69) is 0 Å². The van der Waals surface area contributed by atoms with Crippen molar-refractivity contribution in [2.24, 2.45) is 0 Å². The summed E-state index contributed by atoms with van der Waals surface area (Å²) in [7, 11) is 0. The van der Waals surface area contributed by atoms with Crippen LogP contribution < -0.4 is 4.74 Å². The zero-order chi connectivity index (χ0) is 22.3. The summed E-state index contributed by atoms with van der Waals surface area (Å²) in [6, 6.07) is 29.7. The second kappa shape index (κ2) is 9.67. The molecule has 0 saturated carbocycles. The fraction of sp³-hybridized carbons (Fsp3) is 0. The molecule has 0 atom stereocenters. The van der Waals surface area contributed by atoms with E-state index in [0.29, 0.717) is 11.1 Å². The maximum Gasteiger partial charge on any atom is 0.346 e. The maximum absolute atomic E-state index is 13.8. The maximum atomic E-state index is 13.8. The first-order valence-electron chi connectivity index (χ1n) is 10.0. The van der Waals surface area contributed by atoms with Crippen molar-refractivity contribution in [1.29, 1.82) is 0 Å². The van der Waals surface area contributed by atoms with Gasteiger partial charge in [0.15, 0.2) is 5.78 Å². The number of allylic oxidation sites excluding steroid dienone is 1. The van der Waals surface area contributed by atoms with Crippen LogP contribution in [0.2, 0.25) is 0 Å². The molecule has 0 saturated heterocycles. The van der Waals surface area contributed by atoms with Crippen LogP contribution in [0, 0.1) is 5.82 Å². The minimum Gasteiger partial charge on any atom is -0.423 e. The Morgan fingerprint density at radius 2 is 1.41 bits per heavy atom. The summed E-state index contributed by atoms with van der Waals surface area (Å²) in [5.74, 6) is -1.30. The summed E-state index contributed by atoms with van der Waals surface area (Å²) in [5, 5.41) is 0. The molecule has 0 heterocycles. The first-order valence-corrected chi connectivity index (χ1v) is 10.0. The summed E-state index contributed by atoms with van der Waals surface area (Å²) in [6.07, 6.45) is 3.11. The van der Waals surface area contributed by atoms with Crippen LogP contribution in [0.15, 0.2) is 109 Å². The summed E-state index contributed by atoms with van der Waals surface area (Å²) in [6.45, 7) is 0. The summed E-state index contributed by atoms with van der Waals surface area (Å²) in [4.78, 5) is 24.7. The van der Waals surface area contributed by atoms with Gasteiger partial charge in [-0.2, -0.15) is 0 Å². The highest BCUT2D eigenvalue weighted by Crippen LogP contribution is 2.20. The molecule has 4 aromatic carbocycles. The number of carbonyl (C=O) groups excluding carboxylic acids is 2. The van der Waals surface area contributed by atoms with E-state index in [9.17, 15) is 14.0 Å². The molecule has 0 aliphatic heterocycles. The lowest BCUT2D eigenvalue weighted by molar-refractivity contribution is 0.0729. The molecule has 0 spiro atoms. The Kier molecular flexibility index (Phi) is 6.33. The van der Waals surface area contributed by atoms with E-state index < -0.39 is 11.8 Å². The number of halogens is 1. The van der Waals surface area contributed by atoms with Crippen molar-refractivity contribution in [1.82, 2.24) is 0 Å². The quantitative estimate of drug-likeness (QED) is 0.152. The highest BCUT2D eigenvalue weighted by Gasteiger charge is 2.13. The Bertz CT molecular complexity index is 1280. The van der Waals surface area contributed by atoms with E-state index in [1.165, 1.54) is 24.3 Å². The molecule has 0 unspecified atom stereocenters. The molecule has 0 aliphatic carbocycles. The average molecular weight is 422 g/mol. The van der Waals surface area contributed by atoms with Gasteiger partial charge in [0, 0.05) is 5.56 Å². The summed E-state index contributed by atoms with van der Waals surface area (Å²) >= 11 is 0. The summed E-state index contributed by atoms with van der Waals surface area (Å²) < 4.78 is 19.0. The average Bonchev–Trinajstić information content (AvgIpc) is 2.83. The van der Waals surface area contributed by atoms with Gasteiger partial charge in [-0.25, -0.2) is 9.18 Å². The molecule has 0 radical (unpaired) electrons. The van der Waals surface area contributed by atoms with Gasteiger partial charge in [-0.15, -0.1) is 0 Å². The van der Waals surface area contributed by atoms with Crippen molar-refractivity contribution in [2.75, 3.05) is 0 Å². The van der Waals surface area contributed by atoms with Crippen LogP contribution in [-0.4, -0.2) is 11.8 Å². The molecule has 0 aromatic heterocycles. The smallest absolute Gasteiger partial charge is 0.346 e. The van der Waals surface area contributed by atoms with E-state index in [1.54, 1.807) is 48.5 Å². The van der Waals surface area contributed by atoms with Gasteiger partial charge < -0.3 is 4.74 Å². The number of hydrogen-bond acceptors (Lipinski definition) is 3. The Balaban J connectivity index is 1.44. The second-order valence-electron chi connectivity index (χ2n) is 7.08. The summed E-state index contributed by atoms with van der Waals surface area (Å²) in [5.41, 5.74) is 3.24. The van der Waals surface area contributed by atoms with Crippen molar-refractivity contribution in [3.05, 3.63) is 132 Å². The van der Waals surface area contributed by atoms with Crippen LogP contribution in [0.3, 0.4) is 0 Å². The van der Waals surface area contributed by atoms with Crippen molar-refractivity contribution in [3.63, 3.8) is 0 Å². The minimum absolute atomic E-state index is 0.137. The molecule has 4 aromatic rings. The lowest BCUT2D eigenvalue weighted by Crippen LogP contribution is -2.10. The molecule has 156 valence electrons. The van der Waals surface area contributed by atoms with Crippen LogP contribution in [0.1, 0.15) is 26.3 Å². The number of benzene rings is 4. The van der Waals surface area contributed by atoms with Gasteiger partial charge in [0.25, 0.3) is 0 Å². The molecule has 4 rings (SSSR count). The van der Waals surface area contributed by atoms with Crippen LogP contribution in [-0.2, 0) is 0 Å². The van der Waals surface area contributed by atoms with E-state index in [-0.39, 0.29) is 17.1 Å². The van der Waals surface area contributed by atoms with Crippen LogP contribution in [0.5, 0.6) is 5.75 Å². The van der Waals surface area contributed by atoms with Gasteiger partial charge in [0.2, 0.25) is 0 Å².